The van der Waals surface area contributed by atoms with Crippen LogP contribution >= 0.6 is 0 Å². The van der Waals surface area contributed by atoms with Gasteiger partial charge in [-0.2, -0.15) is 19.6 Å². The van der Waals surface area contributed by atoms with Crippen LogP contribution in [-0.2, 0) is 26.6 Å². The number of halogens is 1. The van der Waals surface area contributed by atoms with Crippen LogP contribution in [0, 0.1) is 0 Å². The zero-order valence-corrected chi connectivity index (χ0v) is 31.8. The number of methoxy groups -OCH3 is 1. The van der Waals surface area contributed by atoms with E-state index in [9.17, 15) is 9.50 Å². The van der Waals surface area contributed by atoms with Crippen LogP contribution in [0.3, 0.4) is 0 Å². The van der Waals surface area contributed by atoms with E-state index >= 15 is 0 Å². The lowest BCUT2D eigenvalue weighted by molar-refractivity contribution is 0.262. The third kappa shape index (κ3) is 7.55. The van der Waals surface area contributed by atoms with Gasteiger partial charge in [0.2, 0.25) is 11.8 Å². The number of nitrogens with zero attached hydrogens (tertiary/aromatic N) is 12. The summed E-state index contributed by atoms with van der Waals surface area (Å²) in [6, 6.07) is 5.55. The van der Waals surface area contributed by atoms with Crippen molar-refractivity contribution in [1.82, 2.24) is 48.9 Å². The van der Waals surface area contributed by atoms with Crippen molar-refractivity contribution in [2.45, 2.75) is 70.4 Å². The molecular weight excluding hydrogens is 722 g/mol. The summed E-state index contributed by atoms with van der Waals surface area (Å²) in [5.74, 6) is 3.40. The molecule has 0 radical (unpaired) electrons. The Labute approximate surface area is 322 Å². The van der Waals surface area contributed by atoms with Crippen LogP contribution in [-0.4, -0.2) is 112 Å². The first-order chi connectivity index (χ1) is 27.3. The van der Waals surface area contributed by atoms with Crippen molar-refractivity contribution < 1.29 is 19.0 Å². The van der Waals surface area contributed by atoms with Gasteiger partial charge in [-0.25, -0.2) is 19.3 Å². The van der Waals surface area contributed by atoms with E-state index in [4.69, 9.17) is 25.2 Å². The minimum atomic E-state index is -1.16. The fraction of sp³-hybridized carbons (Fsp3) is 0.486. The number of hydrogen-bond acceptors (Lipinski definition) is 15. The summed E-state index contributed by atoms with van der Waals surface area (Å²) in [5, 5.41) is 25.8. The molecular formula is C37H48FN15O3. The van der Waals surface area contributed by atoms with Crippen molar-refractivity contribution in [2.75, 3.05) is 60.4 Å². The summed E-state index contributed by atoms with van der Waals surface area (Å²) in [4.78, 5) is 27.5. The second-order valence-corrected chi connectivity index (χ2v) is 14.2. The molecule has 0 aromatic carbocycles. The van der Waals surface area contributed by atoms with Crippen molar-refractivity contribution in [3.8, 4) is 11.8 Å². The van der Waals surface area contributed by atoms with Crippen molar-refractivity contribution in [1.29, 1.82) is 0 Å². The summed E-state index contributed by atoms with van der Waals surface area (Å²) in [5.41, 5.74) is 10.6. The van der Waals surface area contributed by atoms with E-state index < -0.39 is 12.2 Å². The molecule has 0 spiro atoms. The molecule has 2 aliphatic rings. The van der Waals surface area contributed by atoms with Crippen molar-refractivity contribution in [3.05, 3.63) is 54.2 Å². The molecule has 18 nitrogen and oxygen atoms in total. The number of rotatable bonds is 15. The molecule has 8 heterocycles. The molecule has 0 unspecified atom stereocenters. The number of nitrogens with two attached hydrogens (primary N) is 1. The van der Waals surface area contributed by atoms with Crippen LogP contribution in [0.25, 0.3) is 16.8 Å². The van der Waals surface area contributed by atoms with Crippen LogP contribution in [0.1, 0.15) is 43.7 Å². The molecule has 0 saturated carbocycles. The molecule has 56 heavy (non-hydrogen) atoms. The molecule has 19 heteroatoms. The number of anilines is 5. The van der Waals surface area contributed by atoms with Crippen molar-refractivity contribution >= 4 is 45.9 Å². The maximum Gasteiger partial charge on any atom is 0.256 e. The Morgan fingerprint density at radius 1 is 1.09 bits per heavy atom. The maximum absolute atomic E-state index is 14.3. The average molecular weight is 770 g/mol. The highest BCUT2D eigenvalue weighted by atomic mass is 19.1. The Morgan fingerprint density at radius 3 is 2.75 bits per heavy atom. The molecule has 0 bridgehead atoms. The number of imidazole rings is 1. The first-order valence-electron chi connectivity index (χ1n) is 19.1. The van der Waals surface area contributed by atoms with Gasteiger partial charge in [-0.3, -0.25) is 4.68 Å². The molecule has 0 aliphatic carbocycles. The lowest BCUT2D eigenvalue weighted by atomic mass is 9.99. The molecule has 2 aliphatic heterocycles. The fourth-order valence-electron chi connectivity index (χ4n) is 7.37. The molecule has 296 valence electrons. The van der Waals surface area contributed by atoms with Gasteiger partial charge in [0, 0.05) is 63.2 Å². The van der Waals surface area contributed by atoms with Crippen LogP contribution in [0.2, 0.25) is 0 Å². The van der Waals surface area contributed by atoms with E-state index in [1.54, 1.807) is 40.0 Å². The number of hydrogen-bond donors (Lipinski definition) is 4. The van der Waals surface area contributed by atoms with Gasteiger partial charge in [0.15, 0.2) is 22.6 Å². The number of aliphatic hydroxyl groups excluding tert-OH is 1. The second-order valence-electron chi connectivity index (χ2n) is 14.2. The highest BCUT2D eigenvalue weighted by Gasteiger charge is 2.32. The third-order valence-corrected chi connectivity index (χ3v) is 10.4. The van der Waals surface area contributed by atoms with Crippen LogP contribution < -0.4 is 35.6 Å². The Kier molecular flexibility index (Phi) is 10.7. The number of nitrogens with one attached hydrogen (secondary N) is 2. The Morgan fingerprint density at radius 2 is 1.98 bits per heavy atom. The number of aryl methyl sites for hydroxylation is 2. The minimum Gasteiger partial charge on any atom is -0.478 e. The van der Waals surface area contributed by atoms with E-state index in [0.29, 0.717) is 66.6 Å². The number of ether oxygens (including phenoxy) is 2. The quantitative estimate of drug-likeness (QED) is 0.119. The lowest BCUT2D eigenvalue weighted by Crippen LogP contribution is -2.40. The lowest BCUT2D eigenvalue weighted by Gasteiger charge is -2.36. The molecule has 8 rings (SSSR count). The Bertz CT molecular complexity index is 2260. The smallest absolute Gasteiger partial charge is 0.256 e. The summed E-state index contributed by atoms with van der Waals surface area (Å²) in [6.45, 7) is 4.86. The highest BCUT2D eigenvalue weighted by molar-refractivity contribution is 5.87. The number of alkyl halides is 1. The number of pyridine rings is 1. The SMILES string of the molecule is CCc1cnn2c(NCc3ccc(OCCn4cc(Nc5nc(N6C[C@@H](N)[C@H](F)C6)nc6c5ncn6C)c(OC)n4)nc3)cc(N3CCCC[C@H]3CCO)nc12. The fourth-order valence-corrected chi connectivity index (χ4v) is 7.37. The molecule has 6 aromatic heterocycles. The van der Waals surface area contributed by atoms with E-state index in [1.807, 2.05) is 29.9 Å². The summed E-state index contributed by atoms with van der Waals surface area (Å²) < 4.78 is 31.2. The third-order valence-electron chi connectivity index (χ3n) is 10.4. The van der Waals surface area contributed by atoms with Crippen LogP contribution in [0.15, 0.2) is 43.1 Å². The zero-order chi connectivity index (χ0) is 38.8. The average Bonchev–Trinajstić information content (AvgIpc) is 4.00. The van der Waals surface area contributed by atoms with E-state index in [0.717, 1.165) is 67.1 Å². The first kappa shape index (κ1) is 37.1. The predicted octanol–water partition coefficient (Wildman–Crippen LogP) is 3.23. The Balaban J connectivity index is 0.906. The highest BCUT2D eigenvalue weighted by Crippen LogP contribution is 2.32. The summed E-state index contributed by atoms with van der Waals surface area (Å²) >= 11 is 0. The molecule has 5 N–H and O–H groups in total. The topological polar surface area (TPSA) is 200 Å². The van der Waals surface area contributed by atoms with E-state index in [1.165, 1.54) is 0 Å². The number of fused-ring (bicyclic) bond motifs is 2. The van der Waals surface area contributed by atoms with Gasteiger partial charge in [-0.15, -0.1) is 5.10 Å². The normalized spacial score (nSPS) is 18.6. The van der Waals surface area contributed by atoms with Crippen molar-refractivity contribution in [3.63, 3.8) is 0 Å². The van der Waals surface area contributed by atoms with Gasteiger partial charge >= 0.3 is 0 Å². The second kappa shape index (κ2) is 16.1. The number of aromatic nitrogens is 10. The minimum absolute atomic E-state index is 0.119. The van der Waals surface area contributed by atoms with E-state index in [-0.39, 0.29) is 19.2 Å². The van der Waals surface area contributed by atoms with Gasteiger partial charge in [-0.1, -0.05) is 13.0 Å². The maximum atomic E-state index is 14.3. The van der Waals surface area contributed by atoms with Gasteiger partial charge in [-0.05, 0) is 37.7 Å². The molecule has 2 fully saturated rings. The summed E-state index contributed by atoms with van der Waals surface area (Å²) in [7, 11) is 3.38. The van der Waals surface area contributed by atoms with Crippen LogP contribution in [0.5, 0.6) is 11.8 Å². The van der Waals surface area contributed by atoms with Gasteiger partial charge < -0.3 is 45.3 Å². The van der Waals surface area contributed by atoms with Gasteiger partial charge in [0.25, 0.3) is 5.88 Å². The van der Waals surface area contributed by atoms with Crippen molar-refractivity contribution in [2.24, 2.45) is 12.8 Å². The Hall–Kier alpha value is -5.82. The summed E-state index contributed by atoms with van der Waals surface area (Å²) in [6.07, 6.45) is 10.8. The largest absolute Gasteiger partial charge is 0.478 e. The van der Waals surface area contributed by atoms with Gasteiger partial charge in [0.05, 0.1) is 45.0 Å². The van der Waals surface area contributed by atoms with Crippen LogP contribution in [0.4, 0.5) is 33.5 Å². The first-order valence-corrected chi connectivity index (χ1v) is 19.1. The molecule has 3 atom stereocenters. The molecule has 0 amide bonds. The van der Waals surface area contributed by atoms with E-state index in [2.05, 4.69) is 53.7 Å². The molecule has 6 aromatic rings. The predicted molar refractivity (Wildman–Crippen MR) is 210 cm³/mol. The number of piperidine rings is 1. The monoisotopic (exact) mass is 769 g/mol. The van der Waals surface area contributed by atoms with Gasteiger partial charge in [0.1, 0.15) is 30.1 Å². The standard InChI is InChI=1S/C37H48FN15O3/c1-4-24-18-43-53-29(15-30(45-34(24)53)52-11-6-5-7-25(52)10-13-54)40-16-23-8-9-31(41-17-23)56-14-12-51-21-28(36(48-51)55-3)44-33-32-35(49(2)22-42-32)47-37(46-33)50-19-26(38)27(39)20-50/h8-9,15,17-18,21-22,25-27,40,54H,4-7,10-14,16,19-20,39H2,1-3H3,(H,44,46,47)/t25-,26+,27+/m0/s1. The molecule has 2 saturated heterocycles. The number of aliphatic hydroxyl groups is 1. The zero-order valence-electron chi connectivity index (χ0n) is 31.8.